The van der Waals surface area contributed by atoms with Gasteiger partial charge in [-0.05, 0) is 49.1 Å². The molecule has 150 valence electrons. The summed E-state index contributed by atoms with van der Waals surface area (Å²) in [5, 5.41) is 6.72. The van der Waals surface area contributed by atoms with E-state index in [1.807, 2.05) is 24.3 Å². The van der Waals surface area contributed by atoms with Gasteiger partial charge < -0.3 is 14.7 Å². The van der Waals surface area contributed by atoms with Crippen LogP contribution < -0.4 is 5.32 Å². The molecule has 2 heterocycles. The van der Waals surface area contributed by atoms with E-state index in [1.54, 1.807) is 4.90 Å². The Balaban J connectivity index is 1.52. The van der Waals surface area contributed by atoms with E-state index >= 15 is 0 Å². The zero-order valence-electron chi connectivity index (χ0n) is 15.9. The van der Waals surface area contributed by atoms with Crippen molar-refractivity contribution in [1.82, 2.24) is 15.0 Å². The number of carbonyl (C=O) groups excluding carboxylic acids is 1. The second-order valence-corrected chi connectivity index (χ2v) is 6.92. The maximum Gasteiger partial charge on any atom is 0.322 e. The summed E-state index contributed by atoms with van der Waals surface area (Å²) in [6.07, 6.45) is 2.33. The minimum Gasteiger partial charge on any atom is -0.337 e. The highest BCUT2D eigenvalue weighted by Gasteiger charge is 2.34. The lowest BCUT2D eigenvalue weighted by Crippen LogP contribution is -2.34. The van der Waals surface area contributed by atoms with Crippen molar-refractivity contribution in [3.63, 3.8) is 0 Å². The SMILES string of the molecule is CCc1cccc(NC(=O)N2CCCC2c2nc(-c3ccc(F)cc3F)no2)c1. The molecule has 1 aliphatic rings. The highest BCUT2D eigenvalue weighted by atomic mass is 19.1. The maximum absolute atomic E-state index is 14.0. The van der Waals surface area contributed by atoms with E-state index in [0.29, 0.717) is 13.0 Å². The van der Waals surface area contributed by atoms with Gasteiger partial charge in [0.25, 0.3) is 0 Å². The van der Waals surface area contributed by atoms with E-state index in [-0.39, 0.29) is 23.3 Å². The first kappa shape index (κ1) is 19.0. The quantitative estimate of drug-likeness (QED) is 0.675. The van der Waals surface area contributed by atoms with Crippen LogP contribution in [-0.2, 0) is 6.42 Å². The molecule has 1 unspecified atom stereocenters. The van der Waals surface area contributed by atoms with Crippen LogP contribution >= 0.6 is 0 Å². The number of nitrogens with zero attached hydrogens (tertiary/aromatic N) is 3. The number of carbonyl (C=O) groups is 1. The number of nitrogens with one attached hydrogen (secondary N) is 1. The molecule has 0 saturated carbocycles. The summed E-state index contributed by atoms with van der Waals surface area (Å²) in [7, 11) is 0. The summed E-state index contributed by atoms with van der Waals surface area (Å²) in [6.45, 7) is 2.60. The van der Waals surface area contributed by atoms with Gasteiger partial charge in [0.1, 0.15) is 17.7 Å². The van der Waals surface area contributed by atoms with Crippen molar-refractivity contribution < 1.29 is 18.1 Å². The van der Waals surface area contributed by atoms with Gasteiger partial charge >= 0.3 is 6.03 Å². The number of halogens is 2. The average Bonchev–Trinajstić information content (AvgIpc) is 3.37. The van der Waals surface area contributed by atoms with Crippen molar-refractivity contribution in [2.75, 3.05) is 11.9 Å². The zero-order chi connectivity index (χ0) is 20.4. The first-order chi connectivity index (χ1) is 14.0. The molecular weight excluding hydrogens is 378 g/mol. The highest BCUT2D eigenvalue weighted by molar-refractivity contribution is 5.89. The first-order valence-corrected chi connectivity index (χ1v) is 9.50. The topological polar surface area (TPSA) is 71.3 Å². The molecule has 2 aromatic carbocycles. The Morgan fingerprint density at radius 3 is 2.93 bits per heavy atom. The van der Waals surface area contributed by atoms with Gasteiger partial charge in [-0.3, -0.25) is 0 Å². The third kappa shape index (κ3) is 3.96. The molecule has 1 fully saturated rings. The fourth-order valence-corrected chi connectivity index (χ4v) is 3.48. The standard InChI is InChI=1S/C21H20F2N4O2/c1-2-13-5-3-6-15(11-13)24-21(28)27-10-4-7-18(27)20-25-19(26-29-20)16-9-8-14(22)12-17(16)23/h3,5-6,8-9,11-12,18H,2,4,7,10H2,1H3,(H,24,28). The lowest BCUT2D eigenvalue weighted by Gasteiger charge is -2.22. The van der Waals surface area contributed by atoms with Crippen LogP contribution in [0.4, 0.5) is 19.3 Å². The fraction of sp³-hybridized carbons (Fsp3) is 0.286. The van der Waals surface area contributed by atoms with E-state index in [1.165, 1.54) is 6.07 Å². The minimum absolute atomic E-state index is 0.0282. The van der Waals surface area contributed by atoms with Crippen LogP contribution in [0.2, 0.25) is 0 Å². The van der Waals surface area contributed by atoms with Gasteiger partial charge in [-0.1, -0.05) is 24.2 Å². The summed E-state index contributed by atoms with van der Waals surface area (Å²) in [6, 6.07) is 10.2. The molecule has 1 aliphatic heterocycles. The predicted octanol–water partition coefficient (Wildman–Crippen LogP) is 4.95. The summed E-state index contributed by atoms with van der Waals surface area (Å²) >= 11 is 0. The van der Waals surface area contributed by atoms with Crippen LogP contribution in [-0.4, -0.2) is 27.6 Å². The second kappa shape index (κ2) is 7.98. The van der Waals surface area contributed by atoms with E-state index in [0.717, 1.165) is 36.2 Å². The molecule has 3 aromatic rings. The third-order valence-electron chi connectivity index (χ3n) is 5.00. The largest absolute Gasteiger partial charge is 0.337 e. The van der Waals surface area contributed by atoms with Crippen LogP contribution in [0.25, 0.3) is 11.4 Å². The number of urea groups is 1. The summed E-state index contributed by atoms with van der Waals surface area (Å²) in [4.78, 5) is 18.7. The number of aromatic nitrogens is 2. The van der Waals surface area contributed by atoms with Gasteiger partial charge in [0.2, 0.25) is 11.7 Å². The smallest absolute Gasteiger partial charge is 0.322 e. The summed E-state index contributed by atoms with van der Waals surface area (Å²) < 4.78 is 32.4. The molecular formula is C21H20F2N4O2. The van der Waals surface area contributed by atoms with Crippen molar-refractivity contribution in [2.24, 2.45) is 0 Å². The number of rotatable bonds is 4. The lowest BCUT2D eigenvalue weighted by molar-refractivity contribution is 0.193. The molecule has 1 saturated heterocycles. The molecule has 1 N–H and O–H groups in total. The number of amides is 2. The predicted molar refractivity (Wildman–Crippen MR) is 103 cm³/mol. The number of aryl methyl sites for hydroxylation is 1. The molecule has 0 spiro atoms. The van der Waals surface area contributed by atoms with Gasteiger partial charge in [0.15, 0.2) is 0 Å². The Kier molecular flexibility index (Phi) is 5.24. The number of hydrogen-bond donors (Lipinski definition) is 1. The van der Waals surface area contributed by atoms with Crippen LogP contribution in [0.3, 0.4) is 0 Å². The number of hydrogen-bond acceptors (Lipinski definition) is 4. The summed E-state index contributed by atoms with van der Waals surface area (Å²) in [5.41, 5.74) is 1.90. The minimum atomic E-state index is -0.769. The maximum atomic E-state index is 14.0. The zero-order valence-corrected chi connectivity index (χ0v) is 15.9. The third-order valence-corrected chi connectivity index (χ3v) is 5.00. The van der Waals surface area contributed by atoms with Crippen LogP contribution in [0.1, 0.15) is 37.3 Å². The molecule has 1 aromatic heterocycles. The van der Waals surface area contributed by atoms with Crippen molar-refractivity contribution >= 4 is 11.7 Å². The second-order valence-electron chi connectivity index (χ2n) is 6.92. The van der Waals surface area contributed by atoms with Gasteiger partial charge in [0.05, 0.1) is 5.56 Å². The van der Waals surface area contributed by atoms with Gasteiger partial charge in [-0.2, -0.15) is 4.98 Å². The fourth-order valence-electron chi connectivity index (χ4n) is 3.48. The van der Waals surface area contributed by atoms with Crippen molar-refractivity contribution in [2.45, 2.75) is 32.2 Å². The molecule has 2 amide bonds. The Morgan fingerprint density at radius 2 is 2.14 bits per heavy atom. The van der Waals surface area contributed by atoms with Crippen LogP contribution in [0.15, 0.2) is 47.0 Å². The van der Waals surface area contributed by atoms with Crippen molar-refractivity contribution in [3.05, 3.63) is 65.6 Å². The molecule has 0 radical (unpaired) electrons. The Morgan fingerprint density at radius 1 is 1.28 bits per heavy atom. The molecule has 29 heavy (non-hydrogen) atoms. The van der Waals surface area contributed by atoms with E-state index in [4.69, 9.17) is 4.52 Å². The van der Waals surface area contributed by atoms with Crippen LogP contribution in [0, 0.1) is 11.6 Å². The number of anilines is 1. The van der Waals surface area contributed by atoms with E-state index in [9.17, 15) is 13.6 Å². The normalized spacial score (nSPS) is 16.2. The Bertz CT molecular complexity index is 1040. The molecule has 0 aliphatic carbocycles. The van der Waals surface area contributed by atoms with Gasteiger partial charge in [-0.25, -0.2) is 13.6 Å². The van der Waals surface area contributed by atoms with Crippen LogP contribution in [0.5, 0.6) is 0 Å². The first-order valence-electron chi connectivity index (χ1n) is 9.50. The molecule has 6 nitrogen and oxygen atoms in total. The monoisotopic (exact) mass is 398 g/mol. The van der Waals surface area contributed by atoms with Gasteiger partial charge in [0, 0.05) is 18.3 Å². The van der Waals surface area contributed by atoms with Crippen molar-refractivity contribution in [3.8, 4) is 11.4 Å². The summed E-state index contributed by atoms with van der Waals surface area (Å²) in [5.74, 6) is -1.19. The highest BCUT2D eigenvalue weighted by Crippen LogP contribution is 2.33. The number of likely N-dealkylation sites (tertiary alicyclic amines) is 1. The molecule has 0 bridgehead atoms. The van der Waals surface area contributed by atoms with Gasteiger partial charge in [-0.15, -0.1) is 0 Å². The van der Waals surface area contributed by atoms with Crippen molar-refractivity contribution in [1.29, 1.82) is 0 Å². The molecule has 8 heteroatoms. The molecule has 4 rings (SSSR count). The Hall–Kier alpha value is -3.29. The molecule has 1 atom stereocenters. The lowest BCUT2D eigenvalue weighted by atomic mass is 10.1. The van der Waals surface area contributed by atoms with E-state index < -0.39 is 17.7 Å². The average molecular weight is 398 g/mol. The van der Waals surface area contributed by atoms with E-state index in [2.05, 4.69) is 22.4 Å². The number of benzene rings is 2. The Labute approximate surface area is 166 Å².